The van der Waals surface area contributed by atoms with E-state index in [1.807, 2.05) is 0 Å². The third-order valence-electron chi connectivity index (χ3n) is 2.90. The number of carbonyl (C=O) groups excluding carboxylic acids is 1. The highest BCUT2D eigenvalue weighted by atomic mass is 35.5. The Labute approximate surface area is 131 Å². The van der Waals surface area contributed by atoms with Crippen LogP contribution in [-0.4, -0.2) is 10.9 Å². The van der Waals surface area contributed by atoms with Crippen molar-refractivity contribution in [2.45, 2.75) is 6.92 Å². The van der Waals surface area contributed by atoms with Crippen molar-refractivity contribution in [3.63, 3.8) is 0 Å². The number of halogens is 1. The first kappa shape index (κ1) is 15.7. The molecule has 22 heavy (non-hydrogen) atoms. The van der Waals surface area contributed by atoms with Gasteiger partial charge >= 0.3 is 5.97 Å². The van der Waals surface area contributed by atoms with Gasteiger partial charge in [0.25, 0.3) is 5.69 Å². The fraction of sp³-hybridized carbons (Fsp3) is 0.0625. The van der Waals surface area contributed by atoms with Crippen LogP contribution in [0.25, 0.3) is 5.57 Å². The molecule has 0 aromatic heterocycles. The van der Waals surface area contributed by atoms with Crippen LogP contribution in [0.1, 0.15) is 12.5 Å². The standard InChI is InChI=1S/C16H12ClNO4/c1-11(12-2-6-14(7-3-12)18(20)21)10-16(19)22-15-8-4-13(17)5-9-15/h2-10H,1H3. The number of nitrogens with zero attached hydrogens (tertiary/aromatic N) is 1. The number of non-ortho nitro benzene ring substituents is 1. The molecule has 2 aromatic carbocycles. The molecule has 0 atom stereocenters. The molecule has 0 saturated carbocycles. The first-order chi connectivity index (χ1) is 10.5. The predicted octanol–water partition coefficient (Wildman–Crippen LogP) is 4.26. The SMILES string of the molecule is CC(=CC(=O)Oc1ccc(Cl)cc1)c1ccc([N+](=O)[O-])cc1. The third kappa shape index (κ3) is 4.17. The van der Waals surface area contributed by atoms with Crippen LogP contribution >= 0.6 is 11.6 Å². The molecule has 112 valence electrons. The summed E-state index contributed by atoms with van der Waals surface area (Å²) in [4.78, 5) is 21.9. The maximum atomic E-state index is 11.8. The molecule has 0 aliphatic heterocycles. The smallest absolute Gasteiger partial charge is 0.336 e. The predicted molar refractivity (Wildman–Crippen MR) is 83.8 cm³/mol. The summed E-state index contributed by atoms with van der Waals surface area (Å²) in [6.07, 6.45) is 1.33. The number of nitro groups is 1. The molecule has 0 unspecified atom stereocenters. The summed E-state index contributed by atoms with van der Waals surface area (Å²) in [5, 5.41) is 11.1. The zero-order chi connectivity index (χ0) is 16.1. The molecule has 0 spiro atoms. The zero-order valence-electron chi connectivity index (χ0n) is 11.7. The lowest BCUT2D eigenvalue weighted by atomic mass is 10.1. The second kappa shape index (κ2) is 6.87. The van der Waals surface area contributed by atoms with Crippen LogP contribution in [0.3, 0.4) is 0 Å². The lowest BCUT2D eigenvalue weighted by Gasteiger charge is -2.03. The normalized spacial score (nSPS) is 11.1. The minimum atomic E-state index is -0.529. The van der Waals surface area contributed by atoms with E-state index in [1.54, 1.807) is 43.3 Å². The average Bonchev–Trinajstić information content (AvgIpc) is 2.49. The highest BCUT2D eigenvalue weighted by Gasteiger charge is 2.07. The Kier molecular flexibility index (Phi) is 4.91. The van der Waals surface area contributed by atoms with Crippen LogP contribution in [0, 0.1) is 10.1 Å². The average molecular weight is 318 g/mol. The van der Waals surface area contributed by atoms with E-state index < -0.39 is 10.9 Å². The van der Waals surface area contributed by atoms with E-state index in [-0.39, 0.29) is 5.69 Å². The summed E-state index contributed by atoms with van der Waals surface area (Å²) < 4.78 is 5.14. The van der Waals surface area contributed by atoms with Crippen LogP contribution in [0.15, 0.2) is 54.6 Å². The van der Waals surface area contributed by atoms with Crippen LogP contribution in [0.2, 0.25) is 5.02 Å². The molecule has 0 N–H and O–H groups in total. The fourth-order valence-corrected chi connectivity index (χ4v) is 1.88. The second-order valence-electron chi connectivity index (χ2n) is 4.51. The van der Waals surface area contributed by atoms with Crippen molar-refractivity contribution < 1.29 is 14.5 Å². The van der Waals surface area contributed by atoms with Crippen molar-refractivity contribution in [2.24, 2.45) is 0 Å². The van der Waals surface area contributed by atoms with Gasteiger partial charge < -0.3 is 4.74 Å². The summed E-state index contributed by atoms with van der Waals surface area (Å²) in [5.41, 5.74) is 1.35. The van der Waals surface area contributed by atoms with E-state index in [4.69, 9.17) is 16.3 Å². The lowest BCUT2D eigenvalue weighted by Crippen LogP contribution is -2.04. The number of hydrogen-bond donors (Lipinski definition) is 0. The number of nitro benzene ring substituents is 1. The van der Waals surface area contributed by atoms with Crippen LogP contribution < -0.4 is 4.74 Å². The molecular weight excluding hydrogens is 306 g/mol. The molecule has 0 saturated heterocycles. The molecule has 0 amide bonds. The van der Waals surface area contributed by atoms with E-state index in [1.165, 1.54) is 18.2 Å². The Morgan fingerprint density at radius 3 is 2.27 bits per heavy atom. The Balaban J connectivity index is 2.08. The number of ether oxygens (including phenoxy) is 1. The van der Waals surface area contributed by atoms with Gasteiger partial charge in [-0.05, 0) is 54.5 Å². The minimum Gasteiger partial charge on any atom is -0.423 e. The van der Waals surface area contributed by atoms with Gasteiger partial charge in [-0.2, -0.15) is 0 Å². The van der Waals surface area contributed by atoms with Gasteiger partial charge in [-0.1, -0.05) is 11.6 Å². The molecule has 5 nitrogen and oxygen atoms in total. The monoisotopic (exact) mass is 317 g/mol. The minimum absolute atomic E-state index is 0.000269. The molecule has 0 radical (unpaired) electrons. The van der Waals surface area contributed by atoms with E-state index in [0.29, 0.717) is 21.9 Å². The third-order valence-corrected chi connectivity index (χ3v) is 3.15. The Bertz CT molecular complexity index is 721. The summed E-state index contributed by atoms with van der Waals surface area (Å²) in [6, 6.07) is 12.4. The summed E-state index contributed by atoms with van der Waals surface area (Å²) >= 11 is 5.75. The van der Waals surface area contributed by atoms with Crippen molar-refractivity contribution >= 4 is 28.8 Å². The number of rotatable bonds is 4. The maximum absolute atomic E-state index is 11.8. The topological polar surface area (TPSA) is 69.4 Å². The summed E-state index contributed by atoms with van der Waals surface area (Å²) in [5.74, 6) is -0.139. The van der Waals surface area contributed by atoms with Crippen molar-refractivity contribution in [1.82, 2.24) is 0 Å². The molecule has 0 bridgehead atoms. The molecule has 0 heterocycles. The van der Waals surface area contributed by atoms with Crippen molar-refractivity contribution in [3.8, 4) is 5.75 Å². The Morgan fingerprint density at radius 2 is 1.73 bits per heavy atom. The molecule has 0 aliphatic rings. The van der Waals surface area contributed by atoms with E-state index in [2.05, 4.69) is 0 Å². The van der Waals surface area contributed by atoms with Gasteiger partial charge in [-0.15, -0.1) is 0 Å². The van der Waals surface area contributed by atoms with E-state index >= 15 is 0 Å². The molecule has 0 aliphatic carbocycles. The Morgan fingerprint density at radius 1 is 1.14 bits per heavy atom. The fourth-order valence-electron chi connectivity index (χ4n) is 1.75. The van der Waals surface area contributed by atoms with Gasteiger partial charge in [-0.25, -0.2) is 4.79 Å². The van der Waals surface area contributed by atoms with Crippen molar-refractivity contribution in [1.29, 1.82) is 0 Å². The van der Waals surface area contributed by atoms with Crippen LogP contribution in [-0.2, 0) is 4.79 Å². The Hall–Kier alpha value is -2.66. The maximum Gasteiger partial charge on any atom is 0.336 e. The molecule has 2 rings (SSSR count). The first-order valence-corrected chi connectivity index (χ1v) is 6.74. The number of hydrogen-bond acceptors (Lipinski definition) is 4. The number of carbonyl (C=O) groups is 1. The first-order valence-electron chi connectivity index (χ1n) is 6.36. The van der Waals surface area contributed by atoms with Crippen molar-refractivity contribution in [3.05, 3.63) is 75.3 Å². The number of allylic oxidation sites excluding steroid dienone is 1. The summed E-state index contributed by atoms with van der Waals surface area (Å²) in [7, 11) is 0. The molecule has 2 aromatic rings. The molecular formula is C16H12ClNO4. The second-order valence-corrected chi connectivity index (χ2v) is 4.94. The lowest BCUT2D eigenvalue weighted by molar-refractivity contribution is -0.384. The van der Waals surface area contributed by atoms with Gasteiger partial charge in [-0.3, -0.25) is 10.1 Å². The van der Waals surface area contributed by atoms with Crippen LogP contribution in [0.4, 0.5) is 5.69 Å². The van der Waals surface area contributed by atoms with Gasteiger partial charge in [0.1, 0.15) is 5.75 Å². The van der Waals surface area contributed by atoms with Gasteiger partial charge in [0.15, 0.2) is 0 Å². The quantitative estimate of drug-likeness (QED) is 0.278. The number of benzene rings is 2. The van der Waals surface area contributed by atoms with Crippen molar-refractivity contribution in [2.75, 3.05) is 0 Å². The van der Waals surface area contributed by atoms with Gasteiger partial charge in [0.2, 0.25) is 0 Å². The highest BCUT2D eigenvalue weighted by Crippen LogP contribution is 2.19. The largest absolute Gasteiger partial charge is 0.423 e. The van der Waals surface area contributed by atoms with E-state index in [9.17, 15) is 14.9 Å². The van der Waals surface area contributed by atoms with E-state index in [0.717, 1.165) is 0 Å². The number of esters is 1. The van der Waals surface area contributed by atoms with Gasteiger partial charge in [0.05, 0.1) is 4.92 Å². The van der Waals surface area contributed by atoms with Gasteiger partial charge in [0, 0.05) is 23.2 Å². The molecule has 6 heteroatoms. The highest BCUT2D eigenvalue weighted by molar-refractivity contribution is 6.30. The zero-order valence-corrected chi connectivity index (χ0v) is 12.4. The summed E-state index contributed by atoms with van der Waals surface area (Å²) in [6.45, 7) is 1.73. The molecule has 0 fully saturated rings. The van der Waals surface area contributed by atoms with Crippen LogP contribution in [0.5, 0.6) is 5.75 Å².